The van der Waals surface area contributed by atoms with E-state index in [9.17, 15) is 4.79 Å². The average molecular weight is 386 g/mol. The molecule has 0 fully saturated rings. The van der Waals surface area contributed by atoms with Crippen molar-refractivity contribution >= 4 is 5.91 Å². The zero-order chi connectivity index (χ0) is 20.8. The van der Waals surface area contributed by atoms with Crippen molar-refractivity contribution in [3.63, 3.8) is 0 Å². The molecular formula is C23H31NO4. The van der Waals surface area contributed by atoms with Crippen LogP contribution >= 0.6 is 0 Å². The Morgan fingerprint density at radius 2 is 1.68 bits per heavy atom. The number of methoxy groups -OCH3 is 2. The summed E-state index contributed by atoms with van der Waals surface area (Å²) in [5.41, 5.74) is 4.28. The summed E-state index contributed by atoms with van der Waals surface area (Å²) in [6, 6.07) is 9.62. The lowest BCUT2D eigenvalue weighted by atomic mass is 10.0. The van der Waals surface area contributed by atoms with E-state index in [1.54, 1.807) is 21.1 Å². The summed E-state index contributed by atoms with van der Waals surface area (Å²) in [4.78, 5) is 12.8. The first kappa shape index (κ1) is 21.6. The Hall–Kier alpha value is -2.69. The van der Waals surface area contributed by atoms with Gasteiger partial charge in [0.2, 0.25) is 0 Å². The minimum atomic E-state index is -0.603. The van der Waals surface area contributed by atoms with Crippen molar-refractivity contribution in [2.24, 2.45) is 0 Å². The fourth-order valence-electron chi connectivity index (χ4n) is 3.15. The van der Waals surface area contributed by atoms with Crippen LogP contribution in [0.5, 0.6) is 17.2 Å². The summed E-state index contributed by atoms with van der Waals surface area (Å²) in [6.07, 6.45) is 0.144. The highest BCUT2D eigenvalue weighted by atomic mass is 16.5. The third-order valence-corrected chi connectivity index (χ3v) is 4.97. The number of aryl methyl sites for hydroxylation is 2. The molecule has 0 saturated heterocycles. The molecule has 0 aliphatic rings. The molecule has 152 valence electrons. The molecule has 5 heteroatoms. The largest absolute Gasteiger partial charge is 0.493 e. The lowest BCUT2D eigenvalue weighted by Gasteiger charge is -2.23. The number of ether oxygens (including phenoxy) is 3. The van der Waals surface area contributed by atoms with Crippen LogP contribution in [0.25, 0.3) is 0 Å². The van der Waals surface area contributed by atoms with Gasteiger partial charge in [-0.15, -0.1) is 0 Å². The van der Waals surface area contributed by atoms with Crippen molar-refractivity contribution in [2.45, 2.75) is 53.2 Å². The molecule has 0 radical (unpaired) electrons. The second-order valence-corrected chi connectivity index (χ2v) is 7.05. The Morgan fingerprint density at radius 1 is 1.00 bits per heavy atom. The number of benzene rings is 2. The Bertz CT molecular complexity index is 832. The topological polar surface area (TPSA) is 56.8 Å². The highest BCUT2D eigenvalue weighted by Gasteiger charge is 2.21. The van der Waals surface area contributed by atoms with Crippen LogP contribution < -0.4 is 19.5 Å². The van der Waals surface area contributed by atoms with Crippen LogP contribution in [0.15, 0.2) is 30.3 Å². The maximum atomic E-state index is 12.8. The van der Waals surface area contributed by atoms with Gasteiger partial charge in [0.15, 0.2) is 17.6 Å². The zero-order valence-electron chi connectivity index (χ0n) is 17.9. The molecule has 2 aromatic rings. The van der Waals surface area contributed by atoms with Crippen LogP contribution in [0.3, 0.4) is 0 Å². The molecular weight excluding hydrogens is 354 g/mol. The van der Waals surface area contributed by atoms with Gasteiger partial charge in [-0.3, -0.25) is 4.79 Å². The Kier molecular flexibility index (Phi) is 7.32. The summed E-state index contributed by atoms with van der Waals surface area (Å²) in [6.45, 7) is 9.88. The standard InChI is InChI=1S/C23H31NO4/c1-8-19(18-9-10-20(26-6)22(13-18)27-7)24-23(25)17(5)28-21-12-14(2)11-15(3)16(21)4/h9-13,17,19H,8H2,1-7H3,(H,24,25)/t17-,19-/m1/s1. The number of rotatable bonds is 8. The van der Waals surface area contributed by atoms with Crippen LogP contribution in [-0.2, 0) is 4.79 Å². The molecule has 1 amide bonds. The maximum Gasteiger partial charge on any atom is 0.261 e. The second-order valence-electron chi connectivity index (χ2n) is 7.05. The minimum Gasteiger partial charge on any atom is -0.493 e. The normalized spacial score (nSPS) is 12.8. The molecule has 28 heavy (non-hydrogen) atoms. The van der Waals surface area contributed by atoms with Gasteiger partial charge >= 0.3 is 0 Å². The van der Waals surface area contributed by atoms with Crippen LogP contribution in [0.1, 0.15) is 48.6 Å². The van der Waals surface area contributed by atoms with E-state index in [0.29, 0.717) is 11.5 Å². The first-order chi connectivity index (χ1) is 13.3. The van der Waals surface area contributed by atoms with E-state index in [2.05, 4.69) is 11.4 Å². The SMILES string of the molecule is CC[C@@H](NC(=O)[C@@H](C)Oc1cc(C)cc(C)c1C)c1ccc(OC)c(OC)c1. The lowest BCUT2D eigenvalue weighted by molar-refractivity contribution is -0.128. The van der Waals surface area contributed by atoms with Gasteiger partial charge in [-0.05, 0) is 74.6 Å². The molecule has 0 spiro atoms. The number of amides is 1. The predicted molar refractivity (Wildman–Crippen MR) is 111 cm³/mol. The summed E-state index contributed by atoms with van der Waals surface area (Å²) < 4.78 is 16.6. The maximum absolute atomic E-state index is 12.8. The quantitative estimate of drug-likeness (QED) is 0.718. The van der Waals surface area contributed by atoms with E-state index in [4.69, 9.17) is 14.2 Å². The molecule has 2 atom stereocenters. The molecule has 2 aromatic carbocycles. The number of nitrogens with one attached hydrogen (secondary N) is 1. The van der Waals surface area contributed by atoms with Crippen LogP contribution in [-0.4, -0.2) is 26.2 Å². The summed E-state index contributed by atoms with van der Waals surface area (Å²) >= 11 is 0. The van der Waals surface area contributed by atoms with E-state index in [1.807, 2.05) is 52.0 Å². The smallest absolute Gasteiger partial charge is 0.261 e. The van der Waals surface area contributed by atoms with Gasteiger partial charge in [0.05, 0.1) is 20.3 Å². The van der Waals surface area contributed by atoms with Crippen LogP contribution in [0, 0.1) is 20.8 Å². The molecule has 2 rings (SSSR count). The number of carbonyl (C=O) groups excluding carboxylic acids is 1. The zero-order valence-corrected chi connectivity index (χ0v) is 17.9. The highest BCUT2D eigenvalue weighted by Crippen LogP contribution is 2.31. The van der Waals surface area contributed by atoms with Gasteiger partial charge in [-0.2, -0.15) is 0 Å². The minimum absolute atomic E-state index is 0.140. The molecule has 0 unspecified atom stereocenters. The molecule has 0 aliphatic heterocycles. The lowest BCUT2D eigenvalue weighted by Crippen LogP contribution is -2.38. The van der Waals surface area contributed by atoms with Crippen molar-refractivity contribution in [3.8, 4) is 17.2 Å². The van der Waals surface area contributed by atoms with E-state index >= 15 is 0 Å². The molecule has 5 nitrogen and oxygen atoms in total. The third-order valence-electron chi connectivity index (χ3n) is 4.97. The van der Waals surface area contributed by atoms with Gasteiger partial charge in [0.25, 0.3) is 5.91 Å². The Balaban J connectivity index is 2.13. The second kappa shape index (κ2) is 9.49. The summed E-state index contributed by atoms with van der Waals surface area (Å²) in [5, 5.41) is 3.08. The van der Waals surface area contributed by atoms with Crippen molar-refractivity contribution in [2.75, 3.05) is 14.2 Å². The van der Waals surface area contributed by atoms with Gasteiger partial charge in [0, 0.05) is 0 Å². The van der Waals surface area contributed by atoms with Crippen molar-refractivity contribution in [3.05, 3.63) is 52.6 Å². The van der Waals surface area contributed by atoms with Crippen molar-refractivity contribution < 1.29 is 19.0 Å². The van der Waals surface area contributed by atoms with Crippen molar-refractivity contribution in [1.82, 2.24) is 5.32 Å². The summed E-state index contributed by atoms with van der Waals surface area (Å²) in [5.74, 6) is 1.90. The van der Waals surface area contributed by atoms with E-state index in [-0.39, 0.29) is 11.9 Å². The number of hydrogen-bond acceptors (Lipinski definition) is 4. The van der Waals surface area contributed by atoms with E-state index in [1.165, 1.54) is 0 Å². The van der Waals surface area contributed by atoms with Crippen LogP contribution in [0.2, 0.25) is 0 Å². The monoisotopic (exact) mass is 385 g/mol. The molecule has 0 aromatic heterocycles. The molecule has 1 N–H and O–H groups in total. The Morgan fingerprint density at radius 3 is 2.29 bits per heavy atom. The third kappa shape index (κ3) is 4.97. The first-order valence-corrected chi connectivity index (χ1v) is 9.57. The molecule has 0 aliphatic carbocycles. The van der Waals surface area contributed by atoms with E-state index < -0.39 is 6.10 Å². The number of carbonyl (C=O) groups is 1. The summed E-state index contributed by atoms with van der Waals surface area (Å²) in [7, 11) is 3.20. The first-order valence-electron chi connectivity index (χ1n) is 9.57. The average Bonchev–Trinajstić information content (AvgIpc) is 2.68. The fraction of sp³-hybridized carbons (Fsp3) is 0.435. The van der Waals surface area contributed by atoms with E-state index in [0.717, 1.165) is 34.4 Å². The van der Waals surface area contributed by atoms with Crippen molar-refractivity contribution in [1.29, 1.82) is 0 Å². The fourth-order valence-corrected chi connectivity index (χ4v) is 3.15. The molecule has 0 heterocycles. The van der Waals surface area contributed by atoms with Gasteiger partial charge in [0.1, 0.15) is 5.75 Å². The van der Waals surface area contributed by atoms with Gasteiger partial charge < -0.3 is 19.5 Å². The molecule has 0 bridgehead atoms. The highest BCUT2D eigenvalue weighted by molar-refractivity contribution is 5.81. The molecule has 0 saturated carbocycles. The number of hydrogen-bond donors (Lipinski definition) is 1. The predicted octanol–water partition coefficient (Wildman–Crippen LogP) is 4.66. The van der Waals surface area contributed by atoms with Gasteiger partial charge in [-0.1, -0.05) is 19.1 Å². The van der Waals surface area contributed by atoms with Gasteiger partial charge in [-0.25, -0.2) is 0 Å². The van der Waals surface area contributed by atoms with Crippen LogP contribution in [0.4, 0.5) is 0 Å². The Labute approximate surface area is 168 Å².